The van der Waals surface area contributed by atoms with Gasteiger partial charge in [0.25, 0.3) is 5.91 Å². The average Bonchev–Trinajstić information content (AvgIpc) is 2.40. The van der Waals surface area contributed by atoms with E-state index in [0.29, 0.717) is 22.9 Å². The number of hydrogen-bond acceptors (Lipinski definition) is 3. The molecule has 0 saturated heterocycles. The van der Waals surface area contributed by atoms with Crippen LogP contribution in [0.4, 0.5) is 5.69 Å². The molecule has 1 aromatic carbocycles. The molecule has 0 bridgehead atoms. The topological polar surface area (TPSA) is 64.4 Å². The third kappa shape index (κ3) is 4.38. The van der Waals surface area contributed by atoms with E-state index in [1.165, 1.54) is 12.8 Å². The molecule has 4 nitrogen and oxygen atoms in total. The molecule has 4 heteroatoms. The first-order valence-corrected chi connectivity index (χ1v) is 7.82. The second-order valence-electron chi connectivity index (χ2n) is 6.36. The van der Waals surface area contributed by atoms with E-state index in [0.717, 1.165) is 12.8 Å². The van der Waals surface area contributed by atoms with Crippen molar-refractivity contribution in [2.24, 2.45) is 5.92 Å². The van der Waals surface area contributed by atoms with Crippen LogP contribution in [0.15, 0.2) is 18.2 Å². The van der Waals surface area contributed by atoms with E-state index in [4.69, 9.17) is 10.5 Å². The van der Waals surface area contributed by atoms with E-state index >= 15 is 0 Å². The zero-order valence-corrected chi connectivity index (χ0v) is 13.2. The van der Waals surface area contributed by atoms with Crippen LogP contribution in [-0.4, -0.2) is 18.1 Å². The third-order valence-corrected chi connectivity index (χ3v) is 3.88. The molecule has 0 aromatic heterocycles. The molecule has 1 fully saturated rings. The highest BCUT2D eigenvalue weighted by atomic mass is 16.5. The molecule has 0 heterocycles. The van der Waals surface area contributed by atoms with Crippen molar-refractivity contribution >= 4 is 11.6 Å². The van der Waals surface area contributed by atoms with Crippen LogP contribution in [0.25, 0.3) is 0 Å². The van der Waals surface area contributed by atoms with Crippen molar-refractivity contribution in [3.8, 4) is 5.75 Å². The summed E-state index contributed by atoms with van der Waals surface area (Å²) in [4.78, 5) is 12.5. The summed E-state index contributed by atoms with van der Waals surface area (Å²) in [5, 5.41) is 3.13. The number of rotatable bonds is 4. The van der Waals surface area contributed by atoms with Gasteiger partial charge in [-0.05, 0) is 50.8 Å². The van der Waals surface area contributed by atoms with E-state index < -0.39 is 0 Å². The minimum absolute atomic E-state index is 0.0230. The maximum Gasteiger partial charge on any atom is 0.255 e. The Bertz CT molecular complexity index is 500. The molecule has 3 N–H and O–H groups in total. The summed E-state index contributed by atoms with van der Waals surface area (Å²) in [5.74, 6) is 1.19. The van der Waals surface area contributed by atoms with Crippen LogP contribution in [0.1, 0.15) is 56.8 Å². The normalized spacial score (nSPS) is 22.1. The monoisotopic (exact) mass is 290 g/mol. The number of nitrogen functional groups attached to an aromatic ring is 1. The lowest BCUT2D eigenvalue weighted by Crippen LogP contribution is -2.38. The van der Waals surface area contributed by atoms with Crippen LogP contribution in [0.2, 0.25) is 0 Å². The van der Waals surface area contributed by atoms with Crippen LogP contribution in [0.3, 0.4) is 0 Å². The molecular formula is C17H26N2O2. The number of benzene rings is 1. The zero-order chi connectivity index (χ0) is 15.4. The van der Waals surface area contributed by atoms with Gasteiger partial charge in [0.05, 0.1) is 11.7 Å². The highest BCUT2D eigenvalue weighted by Crippen LogP contribution is 2.26. The van der Waals surface area contributed by atoms with Crippen molar-refractivity contribution in [3.05, 3.63) is 23.8 Å². The SMILES string of the molecule is CC1CCCC(NC(=O)c2cc(N)ccc2OC(C)C)C1. The van der Waals surface area contributed by atoms with Crippen molar-refractivity contribution in [3.63, 3.8) is 0 Å². The summed E-state index contributed by atoms with van der Waals surface area (Å²) < 4.78 is 5.72. The van der Waals surface area contributed by atoms with Crippen LogP contribution in [0.5, 0.6) is 5.75 Å². The Morgan fingerprint density at radius 1 is 1.38 bits per heavy atom. The summed E-state index contributed by atoms with van der Waals surface area (Å²) >= 11 is 0. The Balaban J connectivity index is 2.12. The lowest BCUT2D eigenvalue weighted by atomic mass is 9.87. The van der Waals surface area contributed by atoms with Gasteiger partial charge in [0.2, 0.25) is 0 Å². The molecule has 1 aliphatic carbocycles. The van der Waals surface area contributed by atoms with Gasteiger partial charge in [-0.15, -0.1) is 0 Å². The molecule has 0 radical (unpaired) electrons. The van der Waals surface area contributed by atoms with E-state index in [1.54, 1.807) is 18.2 Å². The highest BCUT2D eigenvalue weighted by Gasteiger charge is 2.22. The Labute approximate surface area is 127 Å². The second-order valence-corrected chi connectivity index (χ2v) is 6.36. The van der Waals surface area contributed by atoms with Gasteiger partial charge in [0, 0.05) is 11.7 Å². The van der Waals surface area contributed by atoms with Crippen LogP contribution >= 0.6 is 0 Å². The average molecular weight is 290 g/mol. The van der Waals surface area contributed by atoms with Crippen molar-refractivity contribution in [2.75, 3.05) is 5.73 Å². The molecule has 0 aliphatic heterocycles. The van der Waals surface area contributed by atoms with Gasteiger partial charge in [-0.3, -0.25) is 4.79 Å². The summed E-state index contributed by atoms with van der Waals surface area (Å²) in [7, 11) is 0. The van der Waals surface area contributed by atoms with E-state index in [-0.39, 0.29) is 18.1 Å². The van der Waals surface area contributed by atoms with Gasteiger partial charge >= 0.3 is 0 Å². The van der Waals surface area contributed by atoms with Crippen LogP contribution in [-0.2, 0) is 0 Å². The maximum atomic E-state index is 12.5. The first kappa shape index (κ1) is 15.7. The molecule has 1 amide bonds. The standard InChI is InChI=1S/C17H26N2O2/c1-11(2)21-16-8-7-13(18)10-15(16)17(20)19-14-6-4-5-12(3)9-14/h7-8,10-12,14H,4-6,9,18H2,1-3H3,(H,19,20). The highest BCUT2D eigenvalue weighted by molar-refractivity contribution is 5.98. The number of amides is 1. The maximum absolute atomic E-state index is 12.5. The Morgan fingerprint density at radius 2 is 2.14 bits per heavy atom. The predicted octanol–water partition coefficient (Wildman–Crippen LogP) is 3.36. The molecule has 1 aliphatic rings. The number of anilines is 1. The Kier molecular flexibility index (Phi) is 5.10. The number of carbonyl (C=O) groups excluding carboxylic acids is 1. The quantitative estimate of drug-likeness (QED) is 0.836. The minimum Gasteiger partial charge on any atom is -0.490 e. The van der Waals surface area contributed by atoms with Gasteiger partial charge in [0.15, 0.2) is 0 Å². The summed E-state index contributed by atoms with van der Waals surface area (Å²) in [6.45, 7) is 6.13. The molecular weight excluding hydrogens is 264 g/mol. The number of nitrogens with two attached hydrogens (primary N) is 1. The van der Waals surface area contributed by atoms with Crippen molar-refractivity contribution in [1.29, 1.82) is 0 Å². The summed E-state index contributed by atoms with van der Waals surface area (Å²) in [6.07, 6.45) is 4.56. The Morgan fingerprint density at radius 3 is 2.81 bits per heavy atom. The zero-order valence-electron chi connectivity index (χ0n) is 13.2. The van der Waals surface area contributed by atoms with Crippen molar-refractivity contribution < 1.29 is 9.53 Å². The molecule has 1 saturated carbocycles. The largest absolute Gasteiger partial charge is 0.490 e. The van der Waals surface area contributed by atoms with E-state index in [2.05, 4.69) is 12.2 Å². The predicted molar refractivity (Wildman–Crippen MR) is 85.5 cm³/mol. The van der Waals surface area contributed by atoms with Gasteiger partial charge < -0.3 is 15.8 Å². The van der Waals surface area contributed by atoms with Crippen molar-refractivity contribution in [2.45, 2.75) is 58.6 Å². The van der Waals surface area contributed by atoms with Crippen LogP contribution < -0.4 is 15.8 Å². The molecule has 2 unspecified atom stereocenters. The van der Waals surface area contributed by atoms with E-state index in [1.807, 2.05) is 13.8 Å². The van der Waals surface area contributed by atoms with Gasteiger partial charge in [-0.25, -0.2) is 0 Å². The molecule has 21 heavy (non-hydrogen) atoms. The first-order valence-electron chi connectivity index (χ1n) is 7.82. The van der Waals surface area contributed by atoms with Crippen molar-refractivity contribution in [1.82, 2.24) is 5.32 Å². The van der Waals surface area contributed by atoms with E-state index in [9.17, 15) is 4.79 Å². The Hall–Kier alpha value is -1.71. The number of carbonyl (C=O) groups is 1. The molecule has 1 aromatic rings. The lowest BCUT2D eigenvalue weighted by molar-refractivity contribution is 0.0915. The number of hydrogen-bond donors (Lipinski definition) is 2. The number of ether oxygens (including phenoxy) is 1. The molecule has 2 atom stereocenters. The molecule has 0 spiro atoms. The smallest absolute Gasteiger partial charge is 0.255 e. The van der Waals surface area contributed by atoms with Gasteiger partial charge in [-0.2, -0.15) is 0 Å². The summed E-state index contributed by atoms with van der Waals surface area (Å²) in [5.41, 5.74) is 6.92. The first-order chi connectivity index (χ1) is 9.95. The summed E-state index contributed by atoms with van der Waals surface area (Å²) in [6, 6.07) is 5.49. The fourth-order valence-corrected chi connectivity index (χ4v) is 2.91. The fraction of sp³-hybridized carbons (Fsp3) is 0.588. The van der Waals surface area contributed by atoms with Gasteiger partial charge in [0.1, 0.15) is 5.75 Å². The van der Waals surface area contributed by atoms with Crippen LogP contribution in [0, 0.1) is 5.92 Å². The molecule has 116 valence electrons. The number of nitrogens with one attached hydrogen (secondary N) is 1. The second kappa shape index (κ2) is 6.83. The fourth-order valence-electron chi connectivity index (χ4n) is 2.91. The van der Waals surface area contributed by atoms with Gasteiger partial charge in [-0.1, -0.05) is 19.8 Å². The lowest BCUT2D eigenvalue weighted by Gasteiger charge is -2.27. The third-order valence-electron chi connectivity index (χ3n) is 3.88. The molecule has 2 rings (SSSR count). The minimum atomic E-state index is -0.0861.